The highest BCUT2D eigenvalue weighted by atomic mass is 28.2. The molecule has 0 saturated carbocycles. The van der Waals surface area contributed by atoms with Gasteiger partial charge in [-0.1, -0.05) is 13.3 Å². The molecule has 1 heterocycles. The molecule has 1 aliphatic heterocycles. The second-order valence-electron chi connectivity index (χ2n) is 4.37. The molecule has 0 spiro atoms. The van der Waals surface area contributed by atoms with E-state index in [1.807, 2.05) is 20.8 Å². The molecule has 0 aromatic rings. The molecule has 1 aliphatic rings. The van der Waals surface area contributed by atoms with E-state index in [0.717, 1.165) is 12.8 Å². The lowest BCUT2D eigenvalue weighted by atomic mass is 10.0. The summed E-state index contributed by atoms with van der Waals surface area (Å²) in [7, 11) is -1.17. The number of ether oxygens (including phenoxy) is 2. The molecule has 0 N–H and O–H groups in total. The van der Waals surface area contributed by atoms with E-state index in [0.29, 0.717) is 19.6 Å². The zero-order valence-electron chi connectivity index (χ0n) is 11.5. The first-order valence-electron chi connectivity index (χ1n) is 6.71. The second kappa shape index (κ2) is 7.65. The third-order valence-corrected chi connectivity index (χ3v) is 4.81. The minimum atomic E-state index is -1.17. The molecule has 104 valence electrons. The minimum absolute atomic E-state index is 0.0158. The third kappa shape index (κ3) is 3.89. The zero-order chi connectivity index (χ0) is 13.5. The van der Waals surface area contributed by atoms with Gasteiger partial charge in [0.05, 0.1) is 0 Å². The molecule has 0 aromatic carbocycles. The summed E-state index contributed by atoms with van der Waals surface area (Å²) in [5, 5.41) is 0. The fourth-order valence-corrected chi connectivity index (χ4v) is 3.94. The van der Waals surface area contributed by atoms with Gasteiger partial charge in [-0.15, -0.1) is 0 Å². The van der Waals surface area contributed by atoms with E-state index < -0.39 is 9.68 Å². The molecule has 1 atom stereocenters. The number of hydrogen-bond donors (Lipinski definition) is 0. The van der Waals surface area contributed by atoms with Gasteiger partial charge in [-0.25, -0.2) is 0 Å². The van der Waals surface area contributed by atoms with Crippen molar-refractivity contribution in [1.82, 2.24) is 4.57 Å². The molecule has 0 aliphatic carbocycles. The topological polar surface area (TPSA) is 55.8 Å². The van der Waals surface area contributed by atoms with E-state index in [-0.39, 0.29) is 23.6 Å². The van der Waals surface area contributed by atoms with Gasteiger partial charge in [0.2, 0.25) is 21.5 Å². The molecule has 0 radical (unpaired) electrons. The maximum atomic E-state index is 12.1. The molecule has 18 heavy (non-hydrogen) atoms. The first kappa shape index (κ1) is 15.3. The van der Waals surface area contributed by atoms with Crippen molar-refractivity contribution < 1.29 is 19.1 Å². The highest BCUT2D eigenvalue weighted by molar-refractivity contribution is 6.44. The first-order chi connectivity index (χ1) is 8.63. The summed E-state index contributed by atoms with van der Waals surface area (Å²) in [6.45, 7) is 6.86. The number of imide groups is 1. The Hall–Kier alpha value is -0.723. The average molecular weight is 273 g/mol. The summed E-state index contributed by atoms with van der Waals surface area (Å²) in [4.78, 5) is 23.9. The molecule has 6 heteroatoms. The van der Waals surface area contributed by atoms with Gasteiger partial charge in [0, 0.05) is 25.6 Å². The Kier molecular flexibility index (Phi) is 6.52. The van der Waals surface area contributed by atoms with Crippen LogP contribution >= 0.6 is 0 Å². The van der Waals surface area contributed by atoms with Crippen LogP contribution in [0.25, 0.3) is 0 Å². The maximum absolute atomic E-state index is 12.1. The van der Waals surface area contributed by atoms with Crippen molar-refractivity contribution in [1.29, 1.82) is 0 Å². The van der Waals surface area contributed by atoms with Gasteiger partial charge >= 0.3 is 0 Å². The Morgan fingerprint density at radius 2 is 1.89 bits per heavy atom. The summed E-state index contributed by atoms with van der Waals surface area (Å²) in [5.41, 5.74) is 0. The smallest absolute Gasteiger partial charge is 0.224 e. The van der Waals surface area contributed by atoms with Gasteiger partial charge < -0.3 is 14.0 Å². The van der Waals surface area contributed by atoms with Crippen LogP contribution in [0.2, 0.25) is 0 Å². The second-order valence-corrected chi connectivity index (χ2v) is 6.04. The van der Waals surface area contributed by atoms with Crippen LogP contribution in [0.1, 0.15) is 40.0 Å². The lowest BCUT2D eigenvalue weighted by Gasteiger charge is -2.22. The number of nitrogens with zero attached hydrogens (tertiary/aromatic N) is 1. The van der Waals surface area contributed by atoms with Gasteiger partial charge in [-0.05, 0) is 20.3 Å². The zero-order valence-corrected chi connectivity index (χ0v) is 12.9. The molecule has 1 rings (SSSR count). The van der Waals surface area contributed by atoms with Crippen molar-refractivity contribution in [2.75, 3.05) is 13.2 Å². The van der Waals surface area contributed by atoms with E-state index in [1.165, 1.54) is 4.57 Å². The third-order valence-electron chi connectivity index (χ3n) is 3.01. The van der Waals surface area contributed by atoms with Crippen LogP contribution < -0.4 is 0 Å². The fraction of sp³-hybridized carbons (Fsp3) is 0.833. The molecular weight excluding hydrogens is 250 g/mol. The van der Waals surface area contributed by atoms with E-state index in [9.17, 15) is 9.59 Å². The number of rotatable bonds is 8. The summed E-state index contributed by atoms with van der Waals surface area (Å²) in [6, 6.07) is 0. The number of amides is 2. The Labute approximate surface area is 111 Å². The predicted octanol–water partition coefficient (Wildman–Crippen LogP) is 0.602. The Balaban J connectivity index is 2.59. The largest absolute Gasteiger partial charge is 0.355 e. The molecule has 1 fully saturated rings. The molecule has 5 nitrogen and oxygen atoms in total. The molecule has 1 unspecified atom stereocenters. The van der Waals surface area contributed by atoms with Gasteiger partial charge in [-0.2, -0.15) is 0 Å². The maximum Gasteiger partial charge on any atom is 0.224 e. The Morgan fingerprint density at radius 3 is 2.39 bits per heavy atom. The number of hydrogen-bond acceptors (Lipinski definition) is 4. The van der Waals surface area contributed by atoms with Crippen LogP contribution in [0.3, 0.4) is 0 Å². The van der Waals surface area contributed by atoms with Gasteiger partial charge in [0.1, 0.15) is 0 Å². The number of carbonyl (C=O) groups is 2. The van der Waals surface area contributed by atoms with Crippen LogP contribution in [-0.4, -0.2) is 45.2 Å². The Bertz CT molecular complexity index is 292. The lowest BCUT2D eigenvalue weighted by Crippen LogP contribution is -2.43. The van der Waals surface area contributed by atoms with Crippen molar-refractivity contribution in [3.63, 3.8) is 0 Å². The van der Waals surface area contributed by atoms with Crippen molar-refractivity contribution in [2.24, 2.45) is 5.92 Å². The monoisotopic (exact) mass is 273 g/mol. The molecule has 2 amide bonds. The van der Waals surface area contributed by atoms with E-state index in [4.69, 9.17) is 9.47 Å². The molecule has 0 bridgehead atoms. The highest BCUT2D eigenvalue weighted by Gasteiger charge is 2.38. The quantitative estimate of drug-likeness (QED) is 0.369. The molecular formula is C12H23NO4Si. The van der Waals surface area contributed by atoms with E-state index in [1.54, 1.807) is 0 Å². The minimum Gasteiger partial charge on any atom is -0.355 e. The van der Waals surface area contributed by atoms with Crippen LogP contribution in [0.5, 0.6) is 0 Å². The normalized spacial score (nSPS) is 20.9. The van der Waals surface area contributed by atoms with E-state index >= 15 is 0 Å². The SMILES string of the molecule is CCCC1CC(=O)N([SiH2]C(OCC)OCC)C1=O. The van der Waals surface area contributed by atoms with Crippen molar-refractivity contribution >= 4 is 21.5 Å². The highest BCUT2D eigenvalue weighted by Crippen LogP contribution is 2.23. The van der Waals surface area contributed by atoms with Crippen molar-refractivity contribution in [2.45, 2.75) is 45.9 Å². The Morgan fingerprint density at radius 1 is 1.28 bits per heavy atom. The van der Waals surface area contributed by atoms with Crippen LogP contribution in [0, 0.1) is 5.92 Å². The van der Waals surface area contributed by atoms with Gasteiger partial charge in [0.15, 0.2) is 5.91 Å². The predicted molar refractivity (Wildman–Crippen MR) is 70.5 cm³/mol. The van der Waals surface area contributed by atoms with Crippen LogP contribution in [-0.2, 0) is 19.1 Å². The average Bonchev–Trinajstić information content (AvgIpc) is 2.58. The summed E-state index contributed by atoms with van der Waals surface area (Å²) < 4.78 is 12.3. The molecule has 1 saturated heterocycles. The summed E-state index contributed by atoms with van der Waals surface area (Å²) >= 11 is 0. The fourth-order valence-electron chi connectivity index (χ4n) is 2.19. The van der Waals surface area contributed by atoms with Gasteiger partial charge in [-0.3, -0.25) is 9.59 Å². The first-order valence-corrected chi connectivity index (χ1v) is 8.16. The van der Waals surface area contributed by atoms with E-state index in [2.05, 4.69) is 0 Å². The molecule has 0 aromatic heterocycles. The summed E-state index contributed by atoms with van der Waals surface area (Å²) in [6.07, 6.45) is 2.09. The van der Waals surface area contributed by atoms with Crippen molar-refractivity contribution in [3.05, 3.63) is 0 Å². The lowest BCUT2D eigenvalue weighted by molar-refractivity contribution is -0.136. The standard InChI is InChI=1S/C12H23NO4Si/c1-4-7-9-8-10(14)13(11(9)15)18-12(16-5-2)17-6-3/h9,12H,4-8,18H2,1-3H3. The van der Waals surface area contributed by atoms with Crippen molar-refractivity contribution in [3.8, 4) is 0 Å². The van der Waals surface area contributed by atoms with Crippen LogP contribution in [0.4, 0.5) is 0 Å². The van der Waals surface area contributed by atoms with Gasteiger partial charge in [0.25, 0.3) is 0 Å². The van der Waals surface area contributed by atoms with Crippen LogP contribution in [0.15, 0.2) is 0 Å². The number of carbonyl (C=O) groups excluding carboxylic acids is 2. The summed E-state index contributed by atoms with van der Waals surface area (Å²) in [5.74, 6) is -0.542.